The van der Waals surface area contributed by atoms with E-state index in [9.17, 15) is 13.6 Å². The Balaban J connectivity index is 2.27. The summed E-state index contributed by atoms with van der Waals surface area (Å²) < 4.78 is 26.8. The van der Waals surface area contributed by atoms with Crippen LogP contribution < -0.4 is 5.32 Å². The summed E-state index contributed by atoms with van der Waals surface area (Å²) in [6.45, 7) is 1.42. The van der Waals surface area contributed by atoms with E-state index in [2.05, 4.69) is 15.3 Å². The highest BCUT2D eigenvalue weighted by molar-refractivity contribution is 6.03. The number of carbonyl (C=O) groups excluding carboxylic acids is 1. The number of hydrogen-bond donors (Lipinski definition) is 1. The highest BCUT2D eigenvalue weighted by atomic mass is 19.1. The largest absolute Gasteiger partial charge is 0.305 e. The van der Waals surface area contributed by atoms with Crippen LogP contribution in [0.1, 0.15) is 15.9 Å². The summed E-state index contributed by atoms with van der Waals surface area (Å²) >= 11 is 0. The van der Waals surface area contributed by atoms with Crippen LogP contribution in [0.25, 0.3) is 0 Å². The van der Waals surface area contributed by atoms with Crippen LogP contribution >= 0.6 is 0 Å². The van der Waals surface area contributed by atoms with Gasteiger partial charge in [0.25, 0.3) is 5.91 Å². The average Bonchev–Trinajstić information content (AvgIpc) is 2.35. The Morgan fingerprint density at radius 1 is 1.22 bits per heavy atom. The average molecular weight is 249 g/mol. The SMILES string of the molecule is Cc1cc(F)c(C(=O)Nc2cnccn2)cc1F. The summed E-state index contributed by atoms with van der Waals surface area (Å²) in [6.07, 6.45) is 4.11. The van der Waals surface area contributed by atoms with Crippen LogP contribution in [0.5, 0.6) is 0 Å². The first-order chi connectivity index (χ1) is 8.58. The first kappa shape index (κ1) is 12.1. The first-order valence-electron chi connectivity index (χ1n) is 5.11. The number of anilines is 1. The fourth-order valence-corrected chi connectivity index (χ4v) is 1.37. The third kappa shape index (κ3) is 2.48. The topological polar surface area (TPSA) is 54.9 Å². The number of aromatic nitrogens is 2. The van der Waals surface area contributed by atoms with Gasteiger partial charge in [-0.3, -0.25) is 9.78 Å². The van der Waals surface area contributed by atoms with Crippen molar-refractivity contribution in [2.75, 3.05) is 5.32 Å². The van der Waals surface area contributed by atoms with Crippen molar-refractivity contribution in [3.05, 3.63) is 53.5 Å². The quantitative estimate of drug-likeness (QED) is 0.888. The van der Waals surface area contributed by atoms with Gasteiger partial charge in [0.1, 0.15) is 11.6 Å². The van der Waals surface area contributed by atoms with Crippen molar-refractivity contribution in [1.29, 1.82) is 0 Å². The monoisotopic (exact) mass is 249 g/mol. The third-order valence-electron chi connectivity index (χ3n) is 2.30. The number of nitrogens with zero attached hydrogens (tertiary/aromatic N) is 2. The molecule has 6 heteroatoms. The maximum atomic E-state index is 13.5. The molecule has 0 spiro atoms. The molecule has 92 valence electrons. The maximum Gasteiger partial charge on any atom is 0.259 e. The molecule has 0 aliphatic carbocycles. The number of amides is 1. The van der Waals surface area contributed by atoms with Gasteiger partial charge >= 0.3 is 0 Å². The second kappa shape index (κ2) is 4.87. The Morgan fingerprint density at radius 2 is 2.00 bits per heavy atom. The zero-order chi connectivity index (χ0) is 13.1. The molecule has 1 aromatic carbocycles. The zero-order valence-electron chi connectivity index (χ0n) is 9.45. The van der Waals surface area contributed by atoms with E-state index >= 15 is 0 Å². The molecule has 1 amide bonds. The Kier molecular flexibility index (Phi) is 3.27. The van der Waals surface area contributed by atoms with Crippen LogP contribution in [0.4, 0.5) is 14.6 Å². The lowest BCUT2D eigenvalue weighted by molar-refractivity contribution is 0.102. The molecule has 0 aliphatic heterocycles. The summed E-state index contributed by atoms with van der Waals surface area (Å²) in [4.78, 5) is 19.3. The lowest BCUT2D eigenvalue weighted by Gasteiger charge is -2.06. The summed E-state index contributed by atoms with van der Waals surface area (Å²) in [5.41, 5.74) is -0.229. The second-order valence-corrected chi connectivity index (χ2v) is 3.63. The van der Waals surface area contributed by atoms with Crippen LogP contribution in [0, 0.1) is 18.6 Å². The molecule has 18 heavy (non-hydrogen) atoms. The lowest BCUT2D eigenvalue weighted by atomic mass is 10.1. The molecule has 1 heterocycles. The predicted octanol–water partition coefficient (Wildman–Crippen LogP) is 2.32. The Bertz CT molecular complexity index is 587. The molecule has 0 unspecified atom stereocenters. The van der Waals surface area contributed by atoms with E-state index < -0.39 is 17.5 Å². The van der Waals surface area contributed by atoms with E-state index in [1.165, 1.54) is 25.5 Å². The Morgan fingerprint density at radius 3 is 2.67 bits per heavy atom. The molecule has 0 saturated heterocycles. The van der Waals surface area contributed by atoms with Gasteiger partial charge < -0.3 is 5.32 Å². The summed E-state index contributed by atoms with van der Waals surface area (Å²) in [7, 11) is 0. The minimum atomic E-state index is -0.782. The molecular weight excluding hydrogens is 240 g/mol. The molecular formula is C12H9F2N3O. The highest BCUT2D eigenvalue weighted by Crippen LogP contribution is 2.15. The number of benzene rings is 1. The summed E-state index contributed by atoms with van der Waals surface area (Å²) in [6, 6.07) is 1.83. The molecule has 0 atom stereocenters. The standard InChI is InChI=1S/C12H9F2N3O/c1-7-4-10(14)8(5-9(7)13)12(18)17-11-6-15-2-3-16-11/h2-6H,1H3,(H,16,17,18). The third-order valence-corrected chi connectivity index (χ3v) is 2.30. The van der Waals surface area contributed by atoms with Crippen LogP contribution in [0.2, 0.25) is 0 Å². The molecule has 2 rings (SSSR count). The lowest BCUT2D eigenvalue weighted by Crippen LogP contribution is -2.15. The van der Waals surface area contributed by atoms with E-state index in [0.29, 0.717) is 0 Å². The van der Waals surface area contributed by atoms with Crippen LogP contribution in [-0.4, -0.2) is 15.9 Å². The molecule has 0 bridgehead atoms. The Hall–Kier alpha value is -2.37. The minimum Gasteiger partial charge on any atom is -0.305 e. The van der Waals surface area contributed by atoms with E-state index in [1.807, 2.05) is 0 Å². The number of rotatable bonds is 2. The van der Waals surface area contributed by atoms with Gasteiger partial charge in [0.2, 0.25) is 0 Å². The van der Waals surface area contributed by atoms with Gasteiger partial charge in [0, 0.05) is 12.4 Å². The molecule has 4 nitrogen and oxygen atoms in total. The summed E-state index contributed by atoms with van der Waals surface area (Å²) in [5, 5.41) is 2.33. The molecule has 0 fully saturated rings. The van der Waals surface area contributed by atoms with Crippen molar-refractivity contribution in [2.45, 2.75) is 6.92 Å². The normalized spacial score (nSPS) is 10.2. The molecule has 1 N–H and O–H groups in total. The van der Waals surface area contributed by atoms with Gasteiger partial charge in [-0.2, -0.15) is 0 Å². The van der Waals surface area contributed by atoms with Crippen molar-refractivity contribution in [3.8, 4) is 0 Å². The van der Waals surface area contributed by atoms with Crippen LogP contribution in [-0.2, 0) is 0 Å². The number of nitrogens with one attached hydrogen (secondary N) is 1. The number of hydrogen-bond acceptors (Lipinski definition) is 3. The maximum absolute atomic E-state index is 13.5. The van der Waals surface area contributed by atoms with E-state index in [-0.39, 0.29) is 16.9 Å². The first-order valence-corrected chi connectivity index (χ1v) is 5.11. The van der Waals surface area contributed by atoms with Gasteiger partial charge in [-0.25, -0.2) is 13.8 Å². The molecule has 0 saturated carbocycles. The molecule has 0 radical (unpaired) electrons. The fraction of sp³-hybridized carbons (Fsp3) is 0.0833. The minimum absolute atomic E-state index is 0.142. The van der Waals surface area contributed by atoms with Gasteiger partial charge in [0.05, 0.1) is 11.8 Å². The van der Waals surface area contributed by atoms with Crippen molar-refractivity contribution in [2.24, 2.45) is 0 Å². The highest BCUT2D eigenvalue weighted by Gasteiger charge is 2.15. The molecule has 1 aromatic heterocycles. The molecule has 0 aliphatic rings. The van der Waals surface area contributed by atoms with Gasteiger partial charge in [-0.15, -0.1) is 0 Å². The van der Waals surface area contributed by atoms with Crippen molar-refractivity contribution in [3.63, 3.8) is 0 Å². The van der Waals surface area contributed by atoms with Crippen LogP contribution in [0.15, 0.2) is 30.7 Å². The van der Waals surface area contributed by atoms with Gasteiger partial charge in [-0.05, 0) is 24.6 Å². The van der Waals surface area contributed by atoms with E-state index in [1.54, 1.807) is 0 Å². The number of halogens is 2. The van der Waals surface area contributed by atoms with E-state index in [4.69, 9.17) is 0 Å². The van der Waals surface area contributed by atoms with E-state index in [0.717, 1.165) is 12.1 Å². The van der Waals surface area contributed by atoms with Crippen LogP contribution in [0.3, 0.4) is 0 Å². The molecule has 2 aromatic rings. The van der Waals surface area contributed by atoms with Crippen molar-refractivity contribution >= 4 is 11.7 Å². The number of aryl methyl sites for hydroxylation is 1. The smallest absolute Gasteiger partial charge is 0.259 e. The van der Waals surface area contributed by atoms with Gasteiger partial charge in [0.15, 0.2) is 5.82 Å². The fourth-order valence-electron chi connectivity index (χ4n) is 1.37. The van der Waals surface area contributed by atoms with Crippen molar-refractivity contribution in [1.82, 2.24) is 9.97 Å². The van der Waals surface area contributed by atoms with Gasteiger partial charge in [-0.1, -0.05) is 0 Å². The summed E-state index contributed by atoms with van der Waals surface area (Å²) in [5.74, 6) is -2.02. The Labute approximate surface area is 102 Å². The van der Waals surface area contributed by atoms with Crippen molar-refractivity contribution < 1.29 is 13.6 Å². The zero-order valence-corrected chi connectivity index (χ0v) is 9.45. The number of carbonyl (C=O) groups is 1. The second-order valence-electron chi connectivity index (χ2n) is 3.63. The predicted molar refractivity (Wildman–Crippen MR) is 61.1 cm³/mol.